The fourth-order valence-electron chi connectivity index (χ4n) is 6.49. The van der Waals surface area contributed by atoms with E-state index in [9.17, 15) is 14.7 Å². The molecule has 1 aliphatic heterocycles. The van der Waals surface area contributed by atoms with Crippen LogP contribution in [-0.4, -0.2) is 54.8 Å². The molecule has 0 unspecified atom stereocenters. The number of fused-ring (bicyclic) bond motifs is 2. The zero-order chi connectivity index (χ0) is 25.3. The normalized spacial score (nSPS) is 26.0. The van der Waals surface area contributed by atoms with Gasteiger partial charge in [0.1, 0.15) is 10.8 Å². The van der Waals surface area contributed by atoms with Crippen molar-refractivity contribution in [1.29, 1.82) is 0 Å². The van der Waals surface area contributed by atoms with Crippen molar-refractivity contribution < 1.29 is 24.2 Å². The Morgan fingerprint density at radius 1 is 1.11 bits per heavy atom. The van der Waals surface area contributed by atoms with Crippen molar-refractivity contribution >= 4 is 28.2 Å². The van der Waals surface area contributed by atoms with Gasteiger partial charge in [-0.1, -0.05) is 25.0 Å². The topological polar surface area (TPSA) is 88.1 Å². The van der Waals surface area contributed by atoms with Crippen molar-refractivity contribution in [2.24, 2.45) is 5.92 Å². The third-order valence-corrected chi connectivity index (χ3v) is 9.50. The Kier molecular flexibility index (Phi) is 7.37. The van der Waals surface area contributed by atoms with Crippen molar-refractivity contribution in [2.45, 2.75) is 69.4 Å². The van der Waals surface area contributed by atoms with Gasteiger partial charge in [0.2, 0.25) is 5.91 Å². The van der Waals surface area contributed by atoms with Crippen LogP contribution in [0.1, 0.15) is 77.3 Å². The molecule has 0 radical (unpaired) electrons. The second-order valence-corrected chi connectivity index (χ2v) is 11.5. The van der Waals surface area contributed by atoms with Crippen molar-refractivity contribution in [3.63, 3.8) is 0 Å². The summed E-state index contributed by atoms with van der Waals surface area (Å²) in [6.07, 6.45) is 8.47. The van der Waals surface area contributed by atoms with E-state index in [0.29, 0.717) is 23.5 Å². The zero-order valence-electron chi connectivity index (χ0n) is 21.2. The van der Waals surface area contributed by atoms with Gasteiger partial charge in [-0.05, 0) is 68.2 Å². The maximum absolute atomic E-state index is 13.4. The monoisotopic (exact) mass is 512 g/mol. The Hall–Kier alpha value is -2.42. The number of thiophene rings is 1. The maximum atomic E-state index is 13.4. The number of esters is 1. The van der Waals surface area contributed by atoms with E-state index < -0.39 is 5.60 Å². The molecule has 36 heavy (non-hydrogen) atoms. The number of ether oxygens (including phenoxy) is 2. The largest absolute Gasteiger partial charge is 0.497 e. The van der Waals surface area contributed by atoms with E-state index in [2.05, 4.69) is 22.3 Å². The molecule has 1 aromatic heterocycles. The van der Waals surface area contributed by atoms with Gasteiger partial charge in [0.15, 0.2) is 0 Å². The SMILES string of the molecule is COC(=O)c1c(NC(=O)CN2CC[C@@]3(O)CCCC[C@@H]3[C@H]2c2ccc(OC)cc2)sc2c1CCCC2. The number of hydrogen-bond acceptors (Lipinski definition) is 7. The Morgan fingerprint density at radius 3 is 2.64 bits per heavy atom. The van der Waals surface area contributed by atoms with Crippen LogP contribution in [0.3, 0.4) is 0 Å². The van der Waals surface area contributed by atoms with Gasteiger partial charge in [-0.15, -0.1) is 11.3 Å². The van der Waals surface area contributed by atoms with Gasteiger partial charge >= 0.3 is 5.97 Å². The summed E-state index contributed by atoms with van der Waals surface area (Å²) in [6, 6.07) is 7.94. The number of methoxy groups -OCH3 is 2. The molecule has 2 fully saturated rings. The van der Waals surface area contributed by atoms with Gasteiger partial charge in [-0.3, -0.25) is 9.69 Å². The van der Waals surface area contributed by atoms with Crippen LogP contribution in [0.4, 0.5) is 5.00 Å². The fraction of sp³-hybridized carbons (Fsp3) is 0.571. The second-order valence-electron chi connectivity index (χ2n) is 10.3. The smallest absolute Gasteiger partial charge is 0.341 e. The number of nitrogens with zero attached hydrogens (tertiary/aromatic N) is 1. The molecule has 2 N–H and O–H groups in total. The molecule has 0 bridgehead atoms. The first-order valence-corrected chi connectivity index (χ1v) is 13.9. The third kappa shape index (κ3) is 4.78. The lowest BCUT2D eigenvalue weighted by Gasteiger charge is -2.52. The number of nitrogens with one attached hydrogen (secondary N) is 1. The highest BCUT2D eigenvalue weighted by molar-refractivity contribution is 7.17. The number of benzene rings is 1. The van der Waals surface area contributed by atoms with Crippen LogP contribution in [0.25, 0.3) is 0 Å². The van der Waals surface area contributed by atoms with Crippen LogP contribution in [0, 0.1) is 5.92 Å². The lowest BCUT2D eigenvalue weighted by atomic mass is 9.66. The summed E-state index contributed by atoms with van der Waals surface area (Å²) in [5.41, 5.74) is 1.96. The van der Waals surface area contributed by atoms with Crippen LogP contribution in [0.2, 0.25) is 0 Å². The Bertz CT molecular complexity index is 1110. The number of carbonyl (C=O) groups excluding carboxylic acids is 2. The number of aryl methyl sites for hydroxylation is 1. The van der Waals surface area contributed by atoms with E-state index >= 15 is 0 Å². The van der Waals surface area contributed by atoms with Crippen LogP contribution in [0.5, 0.6) is 5.75 Å². The molecule has 5 rings (SSSR count). The Morgan fingerprint density at radius 2 is 1.89 bits per heavy atom. The van der Waals surface area contributed by atoms with E-state index in [1.165, 1.54) is 23.3 Å². The molecule has 3 aliphatic rings. The van der Waals surface area contributed by atoms with Crippen LogP contribution < -0.4 is 10.1 Å². The Labute approximate surface area is 216 Å². The highest BCUT2D eigenvalue weighted by Crippen LogP contribution is 2.49. The van der Waals surface area contributed by atoms with Crippen molar-refractivity contribution in [3.05, 3.63) is 45.8 Å². The van der Waals surface area contributed by atoms with E-state index in [1.54, 1.807) is 7.11 Å². The molecule has 1 saturated heterocycles. The fourth-order valence-corrected chi connectivity index (χ4v) is 7.78. The van der Waals surface area contributed by atoms with E-state index in [0.717, 1.165) is 68.2 Å². The second kappa shape index (κ2) is 10.5. The minimum atomic E-state index is -0.694. The highest BCUT2D eigenvalue weighted by Gasteiger charge is 2.49. The van der Waals surface area contributed by atoms with Crippen molar-refractivity contribution in [2.75, 3.05) is 32.6 Å². The summed E-state index contributed by atoms with van der Waals surface area (Å²) in [6.45, 7) is 0.842. The average Bonchev–Trinajstić information content (AvgIpc) is 3.26. The highest BCUT2D eigenvalue weighted by atomic mass is 32.1. The van der Waals surface area contributed by atoms with E-state index in [1.807, 2.05) is 12.1 Å². The summed E-state index contributed by atoms with van der Waals surface area (Å²) < 4.78 is 10.4. The summed E-state index contributed by atoms with van der Waals surface area (Å²) in [5.74, 6) is 0.334. The van der Waals surface area contributed by atoms with Gasteiger partial charge in [0.25, 0.3) is 0 Å². The van der Waals surface area contributed by atoms with Crippen molar-refractivity contribution in [3.8, 4) is 5.75 Å². The lowest BCUT2D eigenvalue weighted by Crippen LogP contribution is -2.56. The molecular formula is C28H36N2O5S. The molecule has 2 heterocycles. The first kappa shape index (κ1) is 25.2. The maximum Gasteiger partial charge on any atom is 0.341 e. The number of likely N-dealkylation sites (tertiary alicyclic amines) is 1. The third-order valence-electron chi connectivity index (χ3n) is 8.29. The minimum absolute atomic E-state index is 0.0580. The molecule has 0 spiro atoms. The number of anilines is 1. The van der Waals surface area contributed by atoms with Gasteiger partial charge in [-0.2, -0.15) is 0 Å². The summed E-state index contributed by atoms with van der Waals surface area (Å²) in [5, 5.41) is 15.2. The molecule has 3 atom stereocenters. The molecule has 8 heteroatoms. The van der Waals surface area contributed by atoms with E-state index in [-0.39, 0.29) is 30.4 Å². The van der Waals surface area contributed by atoms with Gasteiger partial charge in [0.05, 0.1) is 31.9 Å². The number of amides is 1. The summed E-state index contributed by atoms with van der Waals surface area (Å²) >= 11 is 1.51. The number of rotatable bonds is 6. The van der Waals surface area contributed by atoms with Crippen LogP contribution in [-0.2, 0) is 22.4 Å². The molecule has 1 aromatic carbocycles. The molecule has 2 aliphatic carbocycles. The lowest BCUT2D eigenvalue weighted by molar-refractivity contribution is -0.135. The van der Waals surface area contributed by atoms with Crippen molar-refractivity contribution in [1.82, 2.24) is 4.90 Å². The van der Waals surface area contributed by atoms with E-state index in [4.69, 9.17) is 9.47 Å². The van der Waals surface area contributed by atoms with Crippen LogP contribution in [0.15, 0.2) is 24.3 Å². The minimum Gasteiger partial charge on any atom is -0.497 e. The summed E-state index contributed by atoms with van der Waals surface area (Å²) in [7, 11) is 3.04. The molecule has 1 saturated carbocycles. The predicted octanol–water partition coefficient (Wildman–Crippen LogP) is 4.73. The predicted molar refractivity (Wildman–Crippen MR) is 140 cm³/mol. The first-order chi connectivity index (χ1) is 17.4. The number of carbonyl (C=O) groups is 2. The Balaban J connectivity index is 1.40. The number of piperidine rings is 1. The molecule has 1 amide bonds. The number of hydrogen-bond donors (Lipinski definition) is 2. The zero-order valence-corrected chi connectivity index (χ0v) is 22.0. The number of aliphatic hydroxyl groups is 1. The quantitative estimate of drug-likeness (QED) is 0.544. The van der Waals surface area contributed by atoms with Gasteiger partial charge in [-0.25, -0.2) is 4.79 Å². The molecule has 194 valence electrons. The van der Waals surface area contributed by atoms with Crippen LogP contribution >= 0.6 is 11.3 Å². The summed E-state index contributed by atoms with van der Waals surface area (Å²) in [4.78, 5) is 29.4. The standard InChI is InChI=1S/C28H36N2O5S/c1-34-19-12-10-18(11-13-19)25-21-8-5-6-14-28(21,33)15-16-30(25)17-23(31)29-26-24(27(32)35-2)20-7-3-4-9-22(20)36-26/h10-13,21,25,33H,3-9,14-17H2,1-2H3,(H,29,31)/t21-,25-,28+/m1/s1. The molecule has 7 nitrogen and oxygen atoms in total. The van der Waals surface area contributed by atoms with Gasteiger partial charge in [0, 0.05) is 23.4 Å². The van der Waals surface area contributed by atoms with Gasteiger partial charge < -0.3 is 19.9 Å². The molecular weight excluding hydrogens is 476 g/mol. The average molecular weight is 513 g/mol. The first-order valence-electron chi connectivity index (χ1n) is 13.1. The molecule has 2 aromatic rings.